The van der Waals surface area contributed by atoms with Gasteiger partial charge in [-0.1, -0.05) is 47.5 Å². The summed E-state index contributed by atoms with van der Waals surface area (Å²) in [5, 5.41) is -2.62. The minimum absolute atomic E-state index is 0.0369. The van der Waals surface area contributed by atoms with E-state index >= 15 is 0 Å². The van der Waals surface area contributed by atoms with E-state index in [1.165, 1.54) is 37.9 Å². The number of unbranched alkanes of at least 4 members (excludes halogenated alkanes) is 2. The summed E-state index contributed by atoms with van der Waals surface area (Å²) in [6.07, 6.45) is 7.91. The topological polar surface area (TPSA) is 171 Å². The first-order valence-electron chi connectivity index (χ1n) is 29.6. The number of methoxy groups -OCH3 is 2. The van der Waals surface area contributed by atoms with Crippen LogP contribution in [0, 0.1) is 11.8 Å². The highest BCUT2D eigenvalue weighted by atomic mass is 35.5. The van der Waals surface area contributed by atoms with Gasteiger partial charge < -0.3 is 38.2 Å². The number of fused-ring (bicyclic) bond motifs is 2. The van der Waals surface area contributed by atoms with E-state index in [2.05, 4.69) is 9.80 Å². The van der Waals surface area contributed by atoms with E-state index in [0.717, 1.165) is 113 Å². The number of hydrogen-bond acceptors (Lipinski definition) is 16. The van der Waals surface area contributed by atoms with E-state index < -0.39 is 33.9 Å². The van der Waals surface area contributed by atoms with Crippen molar-refractivity contribution in [2.75, 3.05) is 76.5 Å². The lowest BCUT2D eigenvalue weighted by molar-refractivity contribution is -0.150. The maximum absolute atomic E-state index is 14.6. The molecule has 2 fully saturated rings. The second-order valence-electron chi connectivity index (χ2n) is 22.0. The van der Waals surface area contributed by atoms with E-state index in [0.29, 0.717) is 89.3 Å². The van der Waals surface area contributed by atoms with Crippen LogP contribution in [0.1, 0.15) is 97.1 Å². The SMILES string of the molecule is COc1ccc(OCCCCN2CCC(C(=O)c3ccc(Cl)cc3)CC2)c(C2(OC(=O)/C=C\C(=O)OC3(c4cc(OC)ccc4OCCCCN4CCC(C(=O)c5ccc(Cl)cc5)CC4)Sc4ccccc4N3C(C)=O)Sc3ccccc3N2C(C)=O)c1. The van der Waals surface area contributed by atoms with E-state index in [-0.39, 0.29) is 36.6 Å². The molecule has 0 radical (unpaired) electrons. The molecule has 0 saturated carbocycles. The summed E-state index contributed by atoms with van der Waals surface area (Å²) < 4.78 is 37.5. The molecule has 4 heterocycles. The van der Waals surface area contributed by atoms with Crippen LogP contribution in [-0.2, 0) is 38.8 Å². The van der Waals surface area contributed by atoms with Crippen LogP contribution in [0.3, 0.4) is 0 Å². The number of carbonyl (C=O) groups excluding carboxylic acids is 6. The van der Waals surface area contributed by atoms with Gasteiger partial charge in [-0.15, -0.1) is 0 Å². The number of benzene rings is 6. The molecule has 10 rings (SSSR count). The molecule has 6 aromatic rings. The first-order valence-corrected chi connectivity index (χ1v) is 32.0. The van der Waals surface area contributed by atoms with E-state index in [9.17, 15) is 28.8 Å². The molecule has 6 aromatic carbocycles. The van der Waals surface area contributed by atoms with Crippen molar-refractivity contribution in [3.8, 4) is 23.0 Å². The molecule has 0 N–H and O–H groups in total. The predicted octanol–water partition coefficient (Wildman–Crippen LogP) is 13.4. The largest absolute Gasteiger partial charge is 0.497 e. The highest BCUT2D eigenvalue weighted by Crippen LogP contribution is 2.60. The Bertz CT molecular complexity index is 3330. The highest BCUT2D eigenvalue weighted by molar-refractivity contribution is 8.01. The van der Waals surface area contributed by atoms with Crippen molar-refractivity contribution >= 4 is 93.4 Å². The lowest BCUT2D eigenvalue weighted by Crippen LogP contribution is -2.47. The fourth-order valence-electron chi connectivity index (χ4n) is 11.8. The summed E-state index contributed by atoms with van der Waals surface area (Å²) in [5.74, 6) is -1.18. The van der Waals surface area contributed by atoms with Crippen LogP contribution < -0.4 is 28.7 Å². The molecule has 2 saturated heterocycles. The Morgan fingerprint density at radius 2 is 0.886 bits per heavy atom. The van der Waals surface area contributed by atoms with Crippen LogP contribution in [0.4, 0.5) is 11.4 Å². The number of piperidine rings is 2. The van der Waals surface area contributed by atoms with Gasteiger partial charge in [-0.3, -0.25) is 29.0 Å². The minimum Gasteiger partial charge on any atom is -0.497 e. The van der Waals surface area contributed by atoms with Crippen LogP contribution in [-0.4, -0.2) is 112 Å². The number of likely N-dealkylation sites (tertiary alicyclic amines) is 2. The van der Waals surface area contributed by atoms with Gasteiger partial charge in [0.25, 0.3) is 10.1 Å². The Balaban J connectivity index is 0.838. The zero-order valence-electron chi connectivity index (χ0n) is 49.6. The van der Waals surface area contributed by atoms with Gasteiger partial charge in [0.05, 0.1) is 49.9 Å². The van der Waals surface area contributed by atoms with Gasteiger partial charge in [0.1, 0.15) is 23.0 Å². The van der Waals surface area contributed by atoms with E-state index in [4.69, 9.17) is 51.6 Å². The lowest BCUT2D eigenvalue weighted by atomic mass is 9.89. The van der Waals surface area contributed by atoms with E-state index in [1.54, 1.807) is 109 Å². The predicted molar refractivity (Wildman–Crippen MR) is 341 cm³/mol. The van der Waals surface area contributed by atoms with Crippen molar-refractivity contribution in [2.24, 2.45) is 11.8 Å². The van der Waals surface area contributed by atoms with Gasteiger partial charge in [-0.2, -0.15) is 0 Å². The Labute approximate surface area is 531 Å². The first-order chi connectivity index (χ1) is 42.6. The number of Topliss-reactive ketones (excluding diaryl/α,β-unsaturated/α-hetero) is 2. The maximum atomic E-state index is 14.6. The number of nitrogens with zero attached hydrogens (tertiary/aromatic N) is 4. The fourth-order valence-corrected chi connectivity index (χ4v) is 14.9. The molecular formula is C68H70Cl2N4O12S2. The average molecular weight is 1270 g/mol. The third-order valence-electron chi connectivity index (χ3n) is 16.2. The third-order valence-corrected chi connectivity index (χ3v) is 19.4. The molecule has 460 valence electrons. The summed E-state index contributed by atoms with van der Waals surface area (Å²) >= 11 is 14.4. The number of hydrogen-bond donors (Lipinski definition) is 0. The molecular weight excluding hydrogens is 1200 g/mol. The molecule has 4 aliphatic rings. The van der Waals surface area contributed by atoms with Crippen molar-refractivity contribution in [1.29, 1.82) is 0 Å². The number of amides is 2. The smallest absolute Gasteiger partial charge is 0.334 e. The van der Waals surface area contributed by atoms with Crippen molar-refractivity contribution in [1.82, 2.24) is 9.80 Å². The van der Waals surface area contributed by atoms with Crippen LogP contribution in [0.5, 0.6) is 23.0 Å². The van der Waals surface area contributed by atoms with E-state index in [1.807, 2.05) is 24.3 Å². The number of halogens is 2. The molecule has 16 nitrogen and oxygen atoms in total. The number of anilines is 2. The Hall–Kier alpha value is -7.32. The third kappa shape index (κ3) is 14.4. The van der Waals surface area contributed by atoms with Gasteiger partial charge in [-0.05, 0) is 223 Å². The molecule has 2 amide bonds. The molecule has 0 aliphatic carbocycles. The molecule has 0 bridgehead atoms. The number of carbonyl (C=O) groups is 6. The quantitative estimate of drug-likeness (QED) is 0.0242. The van der Waals surface area contributed by atoms with Crippen molar-refractivity contribution in [2.45, 2.75) is 85.1 Å². The van der Waals surface area contributed by atoms with Crippen molar-refractivity contribution in [3.63, 3.8) is 0 Å². The number of rotatable bonds is 24. The molecule has 2 unspecified atom stereocenters. The van der Waals surface area contributed by atoms with Gasteiger partial charge >= 0.3 is 11.9 Å². The van der Waals surface area contributed by atoms with Gasteiger partial charge in [0.15, 0.2) is 11.6 Å². The molecule has 0 aromatic heterocycles. The normalized spacial score (nSPS) is 18.8. The van der Waals surface area contributed by atoms with Gasteiger partial charge in [0.2, 0.25) is 11.8 Å². The number of ketones is 2. The Morgan fingerprint density at radius 3 is 1.25 bits per heavy atom. The highest BCUT2D eigenvalue weighted by Gasteiger charge is 2.55. The molecule has 0 spiro atoms. The van der Waals surface area contributed by atoms with Crippen LogP contribution in [0.2, 0.25) is 10.0 Å². The van der Waals surface area contributed by atoms with Crippen molar-refractivity contribution < 1.29 is 57.2 Å². The molecule has 4 aliphatic heterocycles. The fraction of sp³-hybridized carbons (Fsp3) is 0.353. The van der Waals surface area contributed by atoms with Crippen LogP contribution in [0.15, 0.2) is 155 Å². The number of esters is 2. The monoisotopic (exact) mass is 1270 g/mol. The summed E-state index contributed by atoms with van der Waals surface area (Å²) in [7, 11) is 3.01. The summed E-state index contributed by atoms with van der Waals surface area (Å²) in [6, 6.07) is 38.7. The number of ether oxygens (including phenoxy) is 6. The molecule has 88 heavy (non-hydrogen) atoms. The second kappa shape index (κ2) is 28.9. The van der Waals surface area contributed by atoms with Crippen LogP contribution >= 0.6 is 46.7 Å². The second-order valence-corrected chi connectivity index (χ2v) is 25.3. The lowest BCUT2D eigenvalue weighted by Gasteiger charge is -2.37. The number of thioether (sulfide) groups is 2. The zero-order valence-corrected chi connectivity index (χ0v) is 52.7. The minimum atomic E-state index is -1.91. The van der Waals surface area contributed by atoms with Gasteiger partial charge in [0, 0.05) is 68.8 Å². The van der Waals surface area contributed by atoms with Crippen molar-refractivity contribution in [3.05, 3.63) is 178 Å². The Morgan fingerprint density at radius 1 is 0.511 bits per heavy atom. The number of para-hydroxylation sites is 2. The summed E-state index contributed by atoms with van der Waals surface area (Å²) in [6.45, 7) is 8.18. The average Bonchev–Trinajstić information content (AvgIpc) is 1.74. The first kappa shape index (κ1) is 63.7. The Kier molecular flexibility index (Phi) is 20.9. The summed E-state index contributed by atoms with van der Waals surface area (Å²) in [4.78, 5) is 92.5. The molecule has 20 heteroatoms. The summed E-state index contributed by atoms with van der Waals surface area (Å²) in [5.41, 5.74) is 2.96. The van der Waals surface area contributed by atoms with Gasteiger partial charge in [-0.25, -0.2) is 9.59 Å². The maximum Gasteiger partial charge on any atom is 0.334 e. The standard InChI is InChI=1S/C68H70Cl2N4O12S2/c1-45(75)73-57-13-5-7-15-61(57)87-67(73,55-43-53(81-3)25-27-59(55)83-41-11-9-35-71-37-31-49(32-38-71)65(79)47-17-21-51(69)22-18-47)85-63(77)29-30-64(78)86-68(74(46(2)76)58-14-6-8-16-62(58)88-68)56-44-54(82-4)26-28-60(56)84-42-12-10-36-72-39-33-50(34-40-72)66(80)48-19-23-52(70)24-20-48/h5-8,13-30,43-44,49-50H,9-12,31-42H2,1-4H3/b30-29-. The molecule has 2 atom stereocenters. The zero-order chi connectivity index (χ0) is 62.0. The van der Waals surface area contributed by atoms with Crippen LogP contribution in [0.25, 0.3) is 0 Å².